The Kier molecular flexibility index (Phi) is 4.88. The van der Waals surface area contributed by atoms with Gasteiger partial charge >= 0.3 is 0 Å². The highest BCUT2D eigenvalue weighted by Gasteiger charge is 2.23. The largest absolute Gasteiger partial charge is 0.360 e. The van der Waals surface area contributed by atoms with Gasteiger partial charge < -0.3 is 15.3 Å². The number of halogens is 1. The third-order valence-corrected chi connectivity index (χ3v) is 6.14. The molecule has 1 amide bonds. The molecule has 6 rings (SSSR count). The van der Waals surface area contributed by atoms with E-state index in [0.717, 1.165) is 32.8 Å². The summed E-state index contributed by atoms with van der Waals surface area (Å²) in [5.41, 5.74) is 3.82. The lowest BCUT2D eigenvalue weighted by molar-refractivity contribution is 0.0946. The Hall–Kier alpha value is -4.78. The summed E-state index contributed by atoms with van der Waals surface area (Å²) in [6.07, 6.45) is 1.67. The van der Waals surface area contributed by atoms with Crippen LogP contribution in [0.1, 0.15) is 32.1 Å². The molecule has 0 saturated heterocycles. The minimum atomic E-state index is -0.422. The first kappa shape index (κ1) is 20.8. The van der Waals surface area contributed by atoms with Crippen molar-refractivity contribution >= 4 is 44.4 Å². The van der Waals surface area contributed by atoms with Crippen molar-refractivity contribution in [3.05, 3.63) is 113 Å². The smallest absolute Gasteiger partial charge is 0.270 e. The predicted molar refractivity (Wildman–Crippen MR) is 133 cm³/mol. The van der Waals surface area contributed by atoms with E-state index < -0.39 is 5.91 Å². The summed E-state index contributed by atoms with van der Waals surface area (Å²) < 4.78 is 13.2. The van der Waals surface area contributed by atoms with Crippen LogP contribution in [0.15, 0.2) is 85.1 Å². The molecule has 0 unspecified atom stereocenters. The Bertz CT molecular complexity index is 1750. The molecular weight excluding hydrogens is 443 g/mol. The maximum absolute atomic E-state index is 13.7. The molecule has 35 heavy (non-hydrogen) atoms. The highest BCUT2D eigenvalue weighted by Crippen LogP contribution is 2.30. The van der Waals surface area contributed by atoms with Crippen LogP contribution in [0, 0.1) is 5.82 Å². The first-order valence-corrected chi connectivity index (χ1v) is 11.1. The van der Waals surface area contributed by atoms with Crippen LogP contribution in [0.2, 0.25) is 0 Å². The van der Waals surface area contributed by atoms with Gasteiger partial charge in [0.2, 0.25) is 5.78 Å². The van der Waals surface area contributed by atoms with E-state index in [1.807, 2.05) is 48.5 Å². The normalized spacial score (nSPS) is 11.3. The fourth-order valence-electron chi connectivity index (χ4n) is 4.39. The van der Waals surface area contributed by atoms with E-state index in [2.05, 4.69) is 20.3 Å². The number of ketones is 1. The average Bonchev–Trinajstić information content (AvgIpc) is 3.49. The maximum Gasteiger partial charge on any atom is 0.270 e. The number of rotatable bonds is 5. The summed E-state index contributed by atoms with van der Waals surface area (Å²) in [5, 5.41) is 5.24. The van der Waals surface area contributed by atoms with E-state index in [1.54, 1.807) is 24.4 Å². The number of hydrogen-bond donors (Lipinski definition) is 3. The molecule has 0 bridgehead atoms. The molecule has 3 heterocycles. The number of hydrogen-bond acceptors (Lipinski definition) is 3. The number of para-hydroxylation sites is 2. The Balaban J connectivity index is 1.46. The molecule has 3 aromatic heterocycles. The molecule has 0 spiro atoms. The van der Waals surface area contributed by atoms with E-state index in [-0.39, 0.29) is 29.5 Å². The van der Waals surface area contributed by atoms with Gasteiger partial charge in [-0.3, -0.25) is 9.59 Å². The van der Waals surface area contributed by atoms with Gasteiger partial charge in [0.05, 0.1) is 5.52 Å². The quantitative estimate of drug-likeness (QED) is 0.296. The van der Waals surface area contributed by atoms with Crippen LogP contribution >= 0.6 is 0 Å². The zero-order valence-electron chi connectivity index (χ0n) is 18.4. The summed E-state index contributed by atoms with van der Waals surface area (Å²) in [4.78, 5) is 37.8. The van der Waals surface area contributed by atoms with E-state index in [1.165, 1.54) is 12.1 Å². The second kappa shape index (κ2) is 8.22. The van der Waals surface area contributed by atoms with Gasteiger partial charge in [0.1, 0.15) is 17.2 Å². The third kappa shape index (κ3) is 3.63. The second-order valence-corrected chi connectivity index (χ2v) is 8.34. The first-order chi connectivity index (χ1) is 17.1. The van der Waals surface area contributed by atoms with Crippen LogP contribution < -0.4 is 5.32 Å². The highest BCUT2D eigenvalue weighted by atomic mass is 19.1. The van der Waals surface area contributed by atoms with Crippen LogP contribution in [0.25, 0.3) is 32.7 Å². The van der Waals surface area contributed by atoms with Crippen molar-refractivity contribution in [2.24, 2.45) is 0 Å². The van der Waals surface area contributed by atoms with Gasteiger partial charge in [0.15, 0.2) is 0 Å². The number of aromatic nitrogens is 3. The molecule has 3 aromatic carbocycles. The number of carbonyl (C=O) groups excluding carboxylic acids is 2. The third-order valence-electron chi connectivity index (χ3n) is 6.14. The van der Waals surface area contributed by atoms with Gasteiger partial charge in [-0.05, 0) is 35.9 Å². The number of fused-ring (bicyclic) bond motifs is 4. The Morgan fingerprint density at radius 3 is 2.37 bits per heavy atom. The number of pyridine rings is 1. The van der Waals surface area contributed by atoms with Crippen LogP contribution in [0.3, 0.4) is 0 Å². The molecule has 6 aromatic rings. The van der Waals surface area contributed by atoms with Gasteiger partial charge in [-0.15, -0.1) is 0 Å². The van der Waals surface area contributed by atoms with E-state index in [4.69, 9.17) is 0 Å². The van der Waals surface area contributed by atoms with Crippen LogP contribution in [-0.4, -0.2) is 26.6 Å². The molecule has 7 heteroatoms. The number of carbonyl (C=O) groups is 2. The average molecular weight is 462 g/mol. The molecule has 0 saturated carbocycles. The van der Waals surface area contributed by atoms with Gasteiger partial charge in [-0.2, -0.15) is 0 Å². The minimum Gasteiger partial charge on any atom is -0.360 e. The Morgan fingerprint density at radius 2 is 1.57 bits per heavy atom. The number of amides is 1. The van der Waals surface area contributed by atoms with Gasteiger partial charge in [0.25, 0.3) is 5.91 Å². The second-order valence-electron chi connectivity index (χ2n) is 8.34. The minimum absolute atomic E-state index is 0.132. The molecule has 3 N–H and O–H groups in total. The molecule has 170 valence electrons. The first-order valence-electron chi connectivity index (χ1n) is 11.1. The SMILES string of the molecule is O=C(NCc1ccc(F)cc1)c1cc2c([nH]c3ccccc32)c(C(=O)c2c[nH]c3ccccc23)n1. The summed E-state index contributed by atoms with van der Waals surface area (Å²) in [7, 11) is 0. The monoisotopic (exact) mass is 462 g/mol. The van der Waals surface area contributed by atoms with Crippen molar-refractivity contribution in [1.29, 1.82) is 0 Å². The zero-order chi connectivity index (χ0) is 23.9. The van der Waals surface area contributed by atoms with E-state index >= 15 is 0 Å². The lowest BCUT2D eigenvalue weighted by Crippen LogP contribution is -2.24. The summed E-state index contributed by atoms with van der Waals surface area (Å²) in [5.74, 6) is -1.05. The van der Waals surface area contributed by atoms with Crippen LogP contribution in [0.4, 0.5) is 4.39 Å². The molecule has 6 nitrogen and oxygen atoms in total. The standard InChI is InChI=1S/C28H19FN4O2/c29-17-11-9-16(10-12-17)14-31-28(35)24-13-20-18-5-2-4-8-23(18)32-25(20)26(33-24)27(34)21-15-30-22-7-3-1-6-19(21)22/h1-13,15,30,32H,14H2,(H,31,35). The topological polar surface area (TPSA) is 90.6 Å². The highest BCUT2D eigenvalue weighted by molar-refractivity contribution is 6.23. The number of benzene rings is 3. The van der Waals surface area contributed by atoms with Gasteiger partial charge in [-0.1, -0.05) is 48.5 Å². The zero-order valence-corrected chi connectivity index (χ0v) is 18.4. The van der Waals surface area contributed by atoms with Crippen molar-refractivity contribution in [2.45, 2.75) is 6.54 Å². The van der Waals surface area contributed by atoms with E-state index in [9.17, 15) is 14.0 Å². The molecular formula is C28H19FN4O2. The van der Waals surface area contributed by atoms with Gasteiger partial charge in [-0.25, -0.2) is 9.37 Å². The van der Waals surface area contributed by atoms with E-state index in [0.29, 0.717) is 11.1 Å². The van der Waals surface area contributed by atoms with Crippen molar-refractivity contribution in [3.63, 3.8) is 0 Å². The summed E-state index contributed by atoms with van der Waals surface area (Å²) in [6, 6.07) is 22.8. The lowest BCUT2D eigenvalue weighted by Gasteiger charge is -2.08. The summed E-state index contributed by atoms with van der Waals surface area (Å²) >= 11 is 0. The number of aromatic amines is 2. The number of H-pyrrole nitrogens is 2. The van der Waals surface area contributed by atoms with Crippen LogP contribution in [0.5, 0.6) is 0 Å². The van der Waals surface area contributed by atoms with Crippen molar-refractivity contribution in [2.75, 3.05) is 0 Å². The van der Waals surface area contributed by atoms with Gasteiger partial charge in [0, 0.05) is 45.5 Å². The fourth-order valence-corrected chi connectivity index (χ4v) is 4.39. The van der Waals surface area contributed by atoms with Crippen molar-refractivity contribution in [1.82, 2.24) is 20.3 Å². The molecule has 0 aliphatic rings. The predicted octanol–water partition coefficient (Wildman–Crippen LogP) is 5.50. The van der Waals surface area contributed by atoms with Crippen molar-refractivity contribution in [3.8, 4) is 0 Å². The van der Waals surface area contributed by atoms with Crippen molar-refractivity contribution < 1.29 is 14.0 Å². The Labute approximate surface area is 198 Å². The number of nitrogens with zero attached hydrogens (tertiary/aromatic N) is 1. The lowest BCUT2D eigenvalue weighted by atomic mass is 10.0. The molecule has 0 fully saturated rings. The molecule has 0 radical (unpaired) electrons. The number of nitrogens with one attached hydrogen (secondary N) is 3. The molecule has 0 aliphatic carbocycles. The summed E-state index contributed by atoms with van der Waals surface area (Å²) in [6.45, 7) is 0.207. The maximum atomic E-state index is 13.7. The fraction of sp³-hybridized carbons (Fsp3) is 0.0357. The Morgan fingerprint density at radius 1 is 0.857 bits per heavy atom. The van der Waals surface area contributed by atoms with Crippen LogP contribution in [-0.2, 0) is 6.54 Å². The molecule has 0 atom stereocenters. The molecule has 0 aliphatic heterocycles.